The van der Waals surface area contributed by atoms with Gasteiger partial charge in [0.25, 0.3) is 11.8 Å². The molecule has 0 aliphatic heterocycles. The van der Waals surface area contributed by atoms with E-state index < -0.39 is 35.5 Å². The maximum absolute atomic E-state index is 14.1. The van der Waals surface area contributed by atoms with Crippen LogP contribution in [0.25, 0.3) is 0 Å². The largest absolute Gasteiger partial charge is 0.497 e. The molecular formula is C38H48N4O6. The molecule has 0 fully saturated rings. The van der Waals surface area contributed by atoms with E-state index in [0.29, 0.717) is 24.4 Å². The molecule has 48 heavy (non-hydrogen) atoms. The average Bonchev–Trinajstić information content (AvgIpc) is 3.06. The maximum atomic E-state index is 14.1. The van der Waals surface area contributed by atoms with E-state index in [9.17, 15) is 29.9 Å². The number of carbonyl (C=O) groups excluding carboxylic acids is 2. The molecule has 0 spiro atoms. The highest BCUT2D eigenvalue weighted by atomic mass is 16.5. The van der Waals surface area contributed by atoms with Crippen molar-refractivity contribution >= 4 is 17.9 Å². The number of nitriles is 1. The molecule has 1 unspecified atom stereocenters. The van der Waals surface area contributed by atoms with E-state index in [2.05, 4.69) is 11.4 Å². The lowest BCUT2D eigenvalue weighted by Crippen LogP contribution is -2.54. The second-order valence-electron chi connectivity index (χ2n) is 13.0. The minimum atomic E-state index is -1.34. The Morgan fingerprint density at radius 1 is 0.917 bits per heavy atom. The highest BCUT2D eigenvalue weighted by Crippen LogP contribution is 2.39. The van der Waals surface area contributed by atoms with E-state index in [1.807, 2.05) is 65.0 Å². The van der Waals surface area contributed by atoms with Crippen molar-refractivity contribution in [1.29, 1.82) is 5.26 Å². The van der Waals surface area contributed by atoms with Crippen LogP contribution in [0.5, 0.6) is 5.75 Å². The Morgan fingerprint density at radius 3 is 2.12 bits per heavy atom. The first kappa shape index (κ1) is 37.6. The fourth-order valence-electron chi connectivity index (χ4n) is 6.07. The predicted octanol–water partition coefficient (Wildman–Crippen LogP) is 6.30. The third kappa shape index (κ3) is 10.1. The molecule has 0 aliphatic carbocycles. The van der Waals surface area contributed by atoms with Gasteiger partial charge in [-0.15, -0.1) is 0 Å². The number of carboxylic acid groups (broad SMARTS) is 1. The number of hydrogen-bond donors (Lipinski definition) is 3. The Morgan fingerprint density at radius 2 is 1.56 bits per heavy atom. The maximum Gasteiger partial charge on any atom is 0.407 e. The highest BCUT2D eigenvalue weighted by molar-refractivity contribution is 6.00. The van der Waals surface area contributed by atoms with Crippen LogP contribution in [0, 0.1) is 16.7 Å². The molecule has 0 bridgehead atoms. The second-order valence-corrected chi connectivity index (χ2v) is 13.0. The average molecular weight is 657 g/mol. The summed E-state index contributed by atoms with van der Waals surface area (Å²) < 4.78 is 5.29. The first-order valence-electron chi connectivity index (χ1n) is 16.3. The molecule has 0 aromatic heterocycles. The minimum Gasteiger partial charge on any atom is -0.497 e. The van der Waals surface area contributed by atoms with Gasteiger partial charge in [0, 0.05) is 36.7 Å². The molecule has 10 heteroatoms. The van der Waals surface area contributed by atoms with Gasteiger partial charge in [-0.2, -0.15) is 5.26 Å². The number of rotatable bonds is 15. The van der Waals surface area contributed by atoms with E-state index in [1.54, 1.807) is 29.2 Å². The molecule has 3 N–H and O–H groups in total. The van der Waals surface area contributed by atoms with E-state index in [1.165, 1.54) is 25.3 Å². The molecule has 256 valence electrons. The van der Waals surface area contributed by atoms with Crippen molar-refractivity contribution in [3.8, 4) is 11.8 Å². The summed E-state index contributed by atoms with van der Waals surface area (Å²) in [6, 6.07) is 21.9. The van der Waals surface area contributed by atoms with E-state index in [-0.39, 0.29) is 35.7 Å². The molecule has 0 saturated carbocycles. The van der Waals surface area contributed by atoms with Crippen LogP contribution >= 0.6 is 0 Å². The third-order valence-corrected chi connectivity index (χ3v) is 8.19. The Kier molecular flexibility index (Phi) is 13.6. The number of ether oxygens (including phenoxy) is 1. The van der Waals surface area contributed by atoms with Crippen molar-refractivity contribution in [1.82, 2.24) is 15.1 Å². The highest BCUT2D eigenvalue weighted by Gasteiger charge is 2.40. The number of hydrogen-bond acceptors (Lipinski definition) is 6. The molecule has 0 heterocycles. The van der Waals surface area contributed by atoms with Crippen LogP contribution in [0.15, 0.2) is 72.8 Å². The van der Waals surface area contributed by atoms with Crippen LogP contribution in [-0.4, -0.2) is 76.8 Å². The van der Waals surface area contributed by atoms with Crippen molar-refractivity contribution < 1.29 is 29.3 Å². The minimum absolute atomic E-state index is 0.0164. The Labute approximate surface area is 283 Å². The van der Waals surface area contributed by atoms with Crippen molar-refractivity contribution in [3.05, 3.63) is 101 Å². The second kappa shape index (κ2) is 17.3. The summed E-state index contributed by atoms with van der Waals surface area (Å²) in [4.78, 5) is 42.8. The van der Waals surface area contributed by atoms with Gasteiger partial charge in [-0.05, 0) is 59.7 Å². The zero-order valence-corrected chi connectivity index (χ0v) is 28.8. The molecule has 3 atom stereocenters. The number of amides is 3. The summed E-state index contributed by atoms with van der Waals surface area (Å²) in [5.74, 6) is -0.754. The summed E-state index contributed by atoms with van der Waals surface area (Å²) in [5, 5.41) is 34.8. The van der Waals surface area contributed by atoms with Gasteiger partial charge in [0.15, 0.2) is 0 Å². The summed E-state index contributed by atoms with van der Waals surface area (Å²) >= 11 is 0. The lowest BCUT2D eigenvalue weighted by atomic mass is 9.70. The number of aliphatic hydroxyl groups is 1. The molecule has 0 saturated heterocycles. The smallest absolute Gasteiger partial charge is 0.407 e. The van der Waals surface area contributed by atoms with Gasteiger partial charge in [-0.25, -0.2) is 4.79 Å². The number of carbonyl (C=O) groups is 3. The van der Waals surface area contributed by atoms with E-state index in [4.69, 9.17) is 4.74 Å². The number of methoxy groups -OCH3 is 1. The molecular weight excluding hydrogens is 608 g/mol. The predicted molar refractivity (Wildman–Crippen MR) is 185 cm³/mol. The molecule has 3 amide bonds. The number of aliphatic hydroxyl groups excluding tert-OH is 1. The molecule has 0 radical (unpaired) electrons. The van der Waals surface area contributed by atoms with Gasteiger partial charge in [-0.3, -0.25) is 9.59 Å². The van der Waals surface area contributed by atoms with Crippen molar-refractivity contribution in [3.63, 3.8) is 0 Å². The van der Waals surface area contributed by atoms with Gasteiger partial charge >= 0.3 is 6.09 Å². The molecule has 10 nitrogen and oxygen atoms in total. The van der Waals surface area contributed by atoms with Crippen LogP contribution in [0.1, 0.15) is 90.8 Å². The molecule has 3 rings (SSSR count). The zero-order valence-electron chi connectivity index (χ0n) is 28.8. The summed E-state index contributed by atoms with van der Waals surface area (Å²) in [6.07, 6.45) is -1.06. The standard InChI is InChI=1S/C38H48N4O6/c1-7-17-41(18-8-2)36(45)30-20-27(23-39)19-29(22-30)35(44)40-34(33(38(3,4)5)28-14-10-9-11-15-28)32(43)25-42(37(46)47)24-26-13-12-16-31(21-26)48-6/h9-16,19-22,32-34,43H,7-8,17-18,24-25H2,1-6H3,(H,40,44)(H,46,47)/t32-,33?,34-/m1/s1. The van der Waals surface area contributed by atoms with Gasteiger partial charge in [0.05, 0.1) is 37.4 Å². The SMILES string of the molecule is CCCN(CCC)C(=O)c1cc(C#N)cc(C(=O)N[C@@H](C(c2ccccc2)C(C)(C)C)[C@H](O)CN(Cc2cccc(OC)c2)C(=O)O)c1. The fraction of sp³-hybridized carbons (Fsp3) is 0.421. The molecule has 0 aliphatic rings. The van der Waals surface area contributed by atoms with Crippen LogP contribution < -0.4 is 10.1 Å². The molecule has 3 aromatic carbocycles. The lowest BCUT2D eigenvalue weighted by molar-refractivity contribution is 0.0456. The van der Waals surface area contributed by atoms with Crippen molar-refractivity contribution in [2.24, 2.45) is 5.41 Å². The van der Waals surface area contributed by atoms with Gasteiger partial charge in [0.1, 0.15) is 5.75 Å². The van der Waals surface area contributed by atoms with E-state index >= 15 is 0 Å². The zero-order chi connectivity index (χ0) is 35.4. The fourth-order valence-corrected chi connectivity index (χ4v) is 6.07. The Balaban J connectivity index is 2.05. The van der Waals surface area contributed by atoms with E-state index in [0.717, 1.165) is 23.3 Å². The Bertz CT molecular complexity index is 1570. The number of nitrogens with zero attached hydrogens (tertiary/aromatic N) is 3. The van der Waals surface area contributed by atoms with Crippen LogP contribution in [0.2, 0.25) is 0 Å². The van der Waals surface area contributed by atoms with Gasteiger partial charge < -0.3 is 30.1 Å². The topological polar surface area (TPSA) is 143 Å². The normalized spacial score (nSPS) is 13.0. The summed E-state index contributed by atoms with van der Waals surface area (Å²) in [6.45, 7) is 10.7. The van der Waals surface area contributed by atoms with Crippen molar-refractivity contribution in [2.45, 2.75) is 72.1 Å². The Hall–Kier alpha value is -4.88. The lowest BCUT2D eigenvalue weighted by Gasteiger charge is -2.41. The summed E-state index contributed by atoms with van der Waals surface area (Å²) in [7, 11) is 1.53. The first-order chi connectivity index (χ1) is 22.8. The van der Waals surface area contributed by atoms with Crippen LogP contribution in [0.4, 0.5) is 4.79 Å². The van der Waals surface area contributed by atoms with Crippen LogP contribution in [0.3, 0.4) is 0 Å². The van der Waals surface area contributed by atoms with Gasteiger partial charge in [0.2, 0.25) is 0 Å². The summed E-state index contributed by atoms with van der Waals surface area (Å²) in [5.41, 5.74) is 1.49. The molecule has 3 aromatic rings. The quantitative estimate of drug-likeness (QED) is 0.174. The van der Waals surface area contributed by atoms with Crippen molar-refractivity contribution in [2.75, 3.05) is 26.7 Å². The third-order valence-electron chi connectivity index (χ3n) is 8.19. The first-order valence-corrected chi connectivity index (χ1v) is 16.3. The van der Waals surface area contributed by atoms with Gasteiger partial charge in [-0.1, -0.05) is 77.1 Å². The monoisotopic (exact) mass is 656 g/mol. The number of benzene rings is 3. The van der Waals surface area contributed by atoms with Crippen LogP contribution in [-0.2, 0) is 6.54 Å². The number of nitrogens with one attached hydrogen (secondary N) is 1.